The molecule has 0 aliphatic carbocycles. The molecule has 0 aromatic rings. The minimum absolute atomic E-state index is 0.254. The molecule has 0 aromatic carbocycles. The average molecular weight is 298 g/mol. The van der Waals surface area contributed by atoms with E-state index in [1.54, 1.807) is 0 Å². The standard InChI is InChI=1S/C16H34N4O/c1-6-18-16(5,15(17)21)11-13(4)20-10-9-14(12-20)19(7-2)8-3/h13-14,18H,6-12H2,1-5H3,(H2,17,21). The Morgan fingerprint density at radius 3 is 2.52 bits per heavy atom. The summed E-state index contributed by atoms with van der Waals surface area (Å²) in [7, 11) is 0. The molecule has 3 atom stereocenters. The quantitative estimate of drug-likeness (QED) is 0.667. The predicted molar refractivity (Wildman–Crippen MR) is 88.3 cm³/mol. The van der Waals surface area contributed by atoms with Gasteiger partial charge < -0.3 is 11.1 Å². The van der Waals surface area contributed by atoms with E-state index in [1.165, 1.54) is 6.42 Å². The SMILES string of the molecule is CCNC(C)(CC(C)N1CCC(N(CC)CC)C1)C(N)=O. The Labute approximate surface area is 130 Å². The number of likely N-dealkylation sites (tertiary alicyclic amines) is 1. The summed E-state index contributed by atoms with van der Waals surface area (Å²) in [5.41, 5.74) is 4.98. The Morgan fingerprint density at radius 2 is 2.05 bits per heavy atom. The fourth-order valence-corrected chi connectivity index (χ4v) is 3.58. The summed E-state index contributed by atoms with van der Waals surface area (Å²) in [4.78, 5) is 16.8. The first-order chi connectivity index (χ1) is 9.87. The highest BCUT2D eigenvalue weighted by Gasteiger charge is 2.36. The normalized spacial score (nSPS) is 24.2. The van der Waals surface area contributed by atoms with Crippen molar-refractivity contribution in [3.05, 3.63) is 0 Å². The van der Waals surface area contributed by atoms with E-state index in [0.717, 1.165) is 39.1 Å². The average Bonchev–Trinajstić information content (AvgIpc) is 2.90. The van der Waals surface area contributed by atoms with Gasteiger partial charge in [-0.15, -0.1) is 0 Å². The second-order valence-corrected chi connectivity index (χ2v) is 6.44. The van der Waals surface area contributed by atoms with Gasteiger partial charge in [-0.25, -0.2) is 0 Å². The van der Waals surface area contributed by atoms with Crippen LogP contribution in [-0.4, -0.2) is 66.1 Å². The van der Waals surface area contributed by atoms with Gasteiger partial charge in [-0.1, -0.05) is 20.8 Å². The van der Waals surface area contributed by atoms with Gasteiger partial charge in [0.25, 0.3) is 0 Å². The zero-order valence-corrected chi connectivity index (χ0v) is 14.5. The summed E-state index contributed by atoms with van der Waals surface area (Å²) in [5, 5.41) is 3.26. The number of hydrogen-bond acceptors (Lipinski definition) is 4. The van der Waals surface area contributed by atoms with Crippen molar-refractivity contribution in [2.45, 2.75) is 65.1 Å². The lowest BCUT2D eigenvalue weighted by Gasteiger charge is -2.34. The molecule has 3 N–H and O–H groups in total. The number of hydrogen-bond donors (Lipinski definition) is 2. The number of nitrogens with zero attached hydrogens (tertiary/aromatic N) is 2. The minimum Gasteiger partial charge on any atom is -0.368 e. The van der Waals surface area contributed by atoms with Crippen LogP contribution in [0.2, 0.25) is 0 Å². The van der Waals surface area contributed by atoms with Crippen LogP contribution >= 0.6 is 0 Å². The summed E-state index contributed by atoms with van der Waals surface area (Å²) in [6.07, 6.45) is 1.99. The number of carbonyl (C=O) groups excluding carboxylic acids is 1. The molecule has 0 spiro atoms. The lowest BCUT2D eigenvalue weighted by atomic mass is 9.92. The van der Waals surface area contributed by atoms with Crippen molar-refractivity contribution in [2.24, 2.45) is 5.73 Å². The number of primary amides is 1. The molecule has 1 aliphatic heterocycles. The number of likely N-dealkylation sites (N-methyl/N-ethyl adjacent to an activating group) is 2. The summed E-state index contributed by atoms with van der Waals surface area (Å²) >= 11 is 0. The minimum atomic E-state index is -0.610. The Hall–Kier alpha value is -0.650. The Morgan fingerprint density at radius 1 is 1.43 bits per heavy atom. The van der Waals surface area contributed by atoms with Crippen molar-refractivity contribution in [1.82, 2.24) is 15.1 Å². The van der Waals surface area contributed by atoms with E-state index >= 15 is 0 Å². The predicted octanol–water partition coefficient (Wildman–Crippen LogP) is 1.03. The van der Waals surface area contributed by atoms with E-state index in [0.29, 0.717) is 12.1 Å². The first-order valence-corrected chi connectivity index (χ1v) is 8.40. The van der Waals surface area contributed by atoms with E-state index in [1.807, 2.05) is 13.8 Å². The summed E-state index contributed by atoms with van der Waals surface area (Å²) in [6, 6.07) is 1.02. The molecule has 1 heterocycles. The second kappa shape index (κ2) is 8.11. The van der Waals surface area contributed by atoms with Crippen LogP contribution in [0, 0.1) is 0 Å². The largest absolute Gasteiger partial charge is 0.368 e. The van der Waals surface area contributed by atoms with Crippen molar-refractivity contribution in [3.8, 4) is 0 Å². The molecule has 1 saturated heterocycles. The molecule has 124 valence electrons. The maximum absolute atomic E-state index is 11.8. The van der Waals surface area contributed by atoms with Gasteiger partial charge in [-0.2, -0.15) is 0 Å². The molecule has 1 amide bonds. The molecule has 3 unspecified atom stereocenters. The van der Waals surface area contributed by atoms with E-state index < -0.39 is 5.54 Å². The molecule has 5 heteroatoms. The first kappa shape index (κ1) is 18.4. The topological polar surface area (TPSA) is 61.6 Å². The fourth-order valence-electron chi connectivity index (χ4n) is 3.58. The van der Waals surface area contributed by atoms with Crippen LogP contribution < -0.4 is 11.1 Å². The van der Waals surface area contributed by atoms with E-state index in [-0.39, 0.29) is 5.91 Å². The van der Waals surface area contributed by atoms with Gasteiger partial charge in [-0.05, 0) is 46.3 Å². The third kappa shape index (κ3) is 4.66. The van der Waals surface area contributed by atoms with Gasteiger partial charge >= 0.3 is 0 Å². The van der Waals surface area contributed by atoms with Gasteiger partial charge in [0.05, 0.1) is 5.54 Å². The Kier molecular flexibility index (Phi) is 7.10. The third-order valence-corrected chi connectivity index (χ3v) is 4.96. The van der Waals surface area contributed by atoms with Gasteiger partial charge in [0.15, 0.2) is 0 Å². The molecule has 1 rings (SSSR count). The first-order valence-electron chi connectivity index (χ1n) is 8.40. The van der Waals surface area contributed by atoms with Crippen LogP contribution in [-0.2, 0) is 4.79 Å². The van der Waals surface area contributed by atoms with E-state index in [9.17, 15) is 4.79 Å². The maximum Gasteiger partial charge on any atom is 0.237 e. The monoisotopic (exact) mass is 298 g/mol. The van der Waals surface area contributed by atoms with Gasteiger partial charge in [0, 0.05) is 25.2 Å². The van der Waals surface area contributed by atoms with Crippen LogP contribution in [0.25, 0.3) is 0 Å². The molecule has 0 radical (unpaired) electrons. The highest BCUT2D eigenvalue weighted by atomic mass is 16.1. The third-order valence-electron chi connectivity index (χ3n) is 4.96. The van der Waals surface area contributed by atoms with Gasteiger partial charge in [0.1, 0.15) is 0 Å². The van der Waals surface area contributed by atoms with Gasteiger partial charge in [-0.3, -0.25) is 14.6 Å². The van der Waals surface area contributed by atoms with Crippen molar-refractivity contribution in [1.29, 1.82) is 0 Å². The molecule has 0 aromatic heterocycles. The van der Waals surface area contributed by atoms with Crippen molar-refractivity contribution >= 4 is 5.91 Å². The zero-order chi connectivity index (χ0) is 16.0. The molecule has 21 heavy (non-hydrogen) atoms. The molecule has 0 saturated carbocycles. The number of nitrogens with two attached hydrogens (primary N) is 1. The van der Waals surface area contributed by atoms with Gasteiger partial charge in [0.2, 0.25) is 5.91 Å². The zero-order valence-electron chi connectivity index (χ0n) is 14.5. The van der Waals surface area contributed by atoms with E-state index in [2.05, 4.69) is 35.9 Å². The van der Waals surface area contributed by atoms with Crippen LogP contribution in [0.1, 0.15) is 47.5 Å². The number of rotatable bonds is 9. The summed E-state index contributed by atoms with van der Waals surface area (Å²) in [6.45, 7) is 15.8. The maximum atomic E-state index is 11.8. The highest BCUT2D eigenvalue weighted by Crippen LogP contribution is 2.22. The fraction of sp³-hybridized carbons (Fsp3) is 0.938. The molecular formula is C16H34N4O. The highest BCUT2D eigenvalue weighted by molar-refractivity contribution is 5.84. The van der Waals surface area contributed by atoms with Crippen LogP contribution in [0.5, 0.6) is 0 Å². The molecule has 1 fully saturated rings. The molecular weight excluding hydrogens is 264 g/mol. The van der Waals surface area contributed by atoms with Crippen LogP contribution in [0.15, 0.2) is 0 Å². The lowest BCUT2D eigenvalue weighted by molar-refractivity contribution is -0.124. The van der Waals surface area contributed by atoms with Crippen molar-refractivity contribution in [2.75, 3.05) is 32.7 Å². The number of carbonyl (C=O) groups is 1. The van der Waals surface area contributed by atoms with Crippen molar-refractivity contribution < 1.29 is 4.79 Å². The second-order valence-electron chi connectivity index (χ2n) is 6.44. The lowest BCUT2D eigenvalue weighted by Crippen LogP contribution is -2.56. The number of nitrogens with one attached hydrogen (secondary N) is 1. The van der Waals surface area contributed by atoms with Crippen LogP contribution in [0.4, 0.5) is 0 Å². The summed E-state index contributed by atoms with van der Waals surface area (Å²) < 4.78 is 0. The summed E-state index contributed by atoms with van der Waals surface area (Å²) in [5.74, 6) is -0.254. The smallest absolute Gasteiger partial charge is 0.237 e. The van der Waals surface area contributed by atoms with Crippen molar-refractivity contribution in [3.63, 3.8) is 0 Å². The van der Waals surface area contributed by atoms with Crippen LogP contribution in [0.3, 0.4) is 0 Å². The molecule has 1 aliphatic rings. The Balaban J connectivity index is 2.60. The molecule has 5 nitrogen and oxygen atoms in total. The molecule has 0 bridgehead atoms. The Bertz CT molecular complexity index is 332. The van der Waals surface area contributed by atoms with E-state index in [4.69, 9.17) is 5.73 Å². The number of amides is 1.